The molecule has 0 aromatic carbocycles. The highest BCUT2D eigenvalue weighted by Gasteiger charge is 2.29. The molecule has 0 aromatic heterocycles. The average molecular weight is 200 g/mol. The Bertz CT molecular complexity index is 207. The molecule has 0 unspecified atom stereocenters. The van der Waals surface area contributed by atoms with Crippen molar-refractivity contribution in [1.82, 2.24) is 4.90 Å². The van der Waals surface area contributed by atoms with Crippen LogP contribution in [0.15, 0.2) is 0 Å². The molecule has 4 heteroatoms. The summed E-state index contributed by atoms with van der Waals surface area (Å²) in [6.07, 6.45) is 2.26. The minimum atomic E-state index is -0.363. The van der Waals surface area contributed by atoms with Gasteiger partial charge in [0.2, 0.25) is 5.91 Å². The van der Waals surface area contributed by atoms with Gasteiger partial charge in [0.05, 0.1) is 6.61 Å². The molecule has 0 radical (unpaired) electrons. The molecule has 0 heterocycles. The van der Waals surface area contributed by atoms with E-state index < -0.39 is 0 Å². The Kier molecular flexibility index (Phi) is 3.50. The first kappa shape index (κ1) is 11.5. The van der Waals surface area contributed by atoms with Crippen molar-refractivity contribution in [2.24, 2.45) is 5.73 Å². The lowest BCUT2D eigenvalue weighted by Crippen LogP contribution is -2.39. The molecular formula is C10H20N2O2. The number of nitrogens with zero attached hydrogens (tertiary/aromatic N) is 1. The molecule has 14 heavy (non-hydrogen) atoms. The van der Waals surface area contributed by atoms with Crippen LogP contribution in [0.3, 0.4) is 0 Å². The maximum Gasteiger partial charge on any atom is 0.248 e. The fraction of sp³-hybridized carbons (Fsp3) is 0.900. The van der Waals surface area contributed by atoms with Crippen LogP contribution < -0.4 is 5.73 Å². The molecule has 1 amide bonds. The quantitative estimate of drug-likeness (QED) is 0.697. The van der Waals surface area contributed by atoms with Crippen LogP contribution in [0.4, 0.5) is 0 Å². The highest BCUT2D eigenvalue weighted by Crippen LogP contribution is 2.25. The molecule has 0 bridgehead atoms. The fourth-order valence-electron chi connectivity index (χ4n) is 1.17. The molecule has 1 saturated carbocycles. The highest BCUT2D eigenvalue weighted by atomic mass is 16.5. The van der Waals surface area contributed by atoms with Crippen molar-refractivity contribution in [3.8, 4) is 0 Å². The number of hydrogen-bond donors (Lipinski definition) is 1. The van der Waals surface area contributed by atoms with Crippen LogP contribution >= 0.6 is 0 Å². The van der Waals surface area contributed by atoms with Crippen LogP contribution in [-0.4, -0.2) is 42.6 Å². The van der Waals surface area contributed by atoms with Crippen molar-refractivity contribution in [2.75, 3.05) is 20.3 Å². The van der Waals surface area contributed by atoms with Crippen molar-refractivity contribution >= 4 is 5.91 Å². The smallest absolute Gasteiger partial charge is 0.248 e. The first-order valence-electron chi connectivity index (χ1n) is 5.02. The average Bonchev–Trinajstić information content (AvgIpc) is 2.82. The summed E-state index contributed by atoms with van der Waals surface area (Å²) in [4.78, 5) is 13.2. The third kappa shape index (κ3) is 4.07. The SMILES string of the molecule is CN(C(=O)COCC(C)(C)N)C1CC1. The van der Waals surface area contributed by atoms with Crippen LogP contribution in [0.1, 0.15) is 26.7 Å². The van der Waals surface area contributed by atoms with Crippen molar-refractivity contribution in [3.05, 3.63) is 0 Å². The summed E-state index contributed by atoms with van der Waals surface area (Å²) in [7, 11) is 1.83. The predicted octanol–water partition coefficient (Wildman–Crippen LogP) is 0.361. The number of likely N-dealkylation sites (N-methyl/N-ethyl adjacent to an activating group) is 1. The normalized spacial score (nSPS) is 16.9. The summed E-state index contributed by atoms with van der Waals surface area (Å²) in [5.74, 6) is 0.0525. The van der Waals surface area contributed by atoms with E-state index in [-0.39, 0.29) is 18.1 Å². The molecule has 0 saturated heterocycles. The number of carbonyl (C=O) groups excluding carboxylic acids is 1. The highest BCUT2D eigenvalue weighted by molar-refractivity contribution is 5.77. The molecule has 1 fully saturated rings. The van der Waals surface area contributed by atoms with E-state index in [9.17, 15) is 4.79 Å². The van der Waals surface area contributed by atoms with E-state index in [0.29, 0.717) is 12.6 Å². The number of hydrogen-bond acceptors (Lipinski definition) is 3. The van der Waals surface area contributed by atoms with Gasteiger partial charge in [-0.1, -0.05) is 0 Å². The lowest BCUT2D eigenvalue weighted by molar-refractivity contribution is -0.135. The van der Waals surface area contributed by atoms with Gasteiger partial charge in [-0.2, -0.15) is 0 Å². The van der Waals surface area contributed by atoms with Crippen molar-refractivity contribution in [3.63, 3.8) is 0 Å². The Labute approximate surface area is 85.4 Å². The molecule has 0 aliphatic heterocycles. The summed E-state index contributed by atoms with van der Waals surface area (Å²) in [5.41, 5.74) is 5.36. The molecule has 0 aromatic rings. The number of nitrogens with two attached hydrogens (primary N) is 1. The van der Waals surface area contributed by atoms with E-state index in [0.717, 1.165) is 12.8 Å². The summed E-state index contributed by atoms with van der Waals surface area (Å²) in [5, 5.41) is 0. The Morgan fingerprint density at radius 3 is 2.57 bits per heavy atom. The molecule has 1 aliphatic carbocycles. The predicted molar refractivity (Wildman–Crippen MR) is 54.9 cm³/mol. The van der Waals surface area contributed by atoms with Crippen LogP contribution in [0.2, 0.25) is 0 Å². The Morgan fingerprint density at radius 2 is 2.14 bits per heavy atom. The van der Waals surface area contributed by atoms with Crippen molar-refractivity contribution < 1.29 is 9.53 Å². The minimum absolute atomic E-state index is 0.0525. The zero-order valence-electron chi connectivity index (χ0n) is 9.25. The molecule has 1 aliphatic rings. The van der Waals surface area contributed by atoms with E-state index in [1.807, 2.05) is 20.9 Å². The minimum Gasteiger partial charge on any atom is -0.370 e. The van der Waals surface area contributed by atoms with Crippen LogP contribution in [-0.2, 0) is 9.53 Å². The maximum absolute atomic E-state index is 11.5. The van der Waals surface area contributed by atoms with Gasteiger partial charge in [0, 0.05) is 18.6 Å². The van der Waals surface area contributed by atoms with Gasteiger partial charge in [0.25, 0.3) is 0 Å². The first-order valence-corrected chi connectivity index (χ1v) is 5.02. The third-order valence-corrected chi connectivity index (χ3v) is 2.19. The molecule has 4 nitrogen and oxygen atoms in total. The summed E-state index contributed by atoms with van der Waals surface area (Å²) >= 11 is 0. The third-order valence-electron chi connectivity index (χ3n) is 2.19. The number of ether oxygens (including phenoxy) is 1. The van der Waals surface area contributed by atoms with Gasteiger partial charge < -0.3 is 15.4 Å². The second-order valence-corrected chi connectivity index (χ2v) is 4.72. The van der Waals surface area contributed by atoms with E-state index in [4.69, 9.17) is 10.5 Å². The molecular weight excluding hydrogens is 180 g/mol. The number of amides is 1. The second-order valence-electron chi connectivity index (χ2n) is 4.72. The van der Waals surface area contributed by atoms with Crippen LogP contribution in [0, 0.1) is 0 Å². The first-order chi connectivity index (χ1) is 6.40. The van der Waals surface area contributed by atoms with Gasteiger partial charge in [-0.15, -0.1) is 0 Å². The monoisotopic (exact) mass is 200 g/mol. The molecule has 0 spiro atoms. The zero-order chi connectivity index (χ0) is 10.8. The van der Waals surface area contributed by atoms with Crippen LogP contribution in [0.5, 0.6) is 0 Å². The largest absolute Gasteiger partial charge is 0.370 e. The van der Waals surface area contributed by atoms with E-state index >= 15 is 0 Å². The van der Waals surface area contributed by atoms with E-state index in [2.05, 4.69) is 0 Å². The van der Waals surface area contributed by atoms with E-state index in [1.165, 1.54) is 0 Å². The maximum atomic E-state index is 11.5. The molecule has 0 atom stereocenters. The van der Waals surface area contributed by atoms with Gasteiger partial charge in [-0.3, -0.25) is 4.79 Å². The fourth-order valence-corrected chi connectivity index (χ4v) is 1.17. The van der Waals surface area contributed by atoms with Crippen molar-refractivity contribution in [2.45, 2.75) is 38.3 Å². The Hall–Kier alpha value is -0.610. The van der Waals surface area contributed by atoms with E-state index in [1.54, 1.807) is 4.90 Å². The van der Waals surface area contributed by atoms with Gasteiger partial charge >= 0.3 is 0 Å². The Balaban J connectivity index is 2.14. The Morgan fingerprint density at radius 1 is 1.57 bits per heavy atom. The van der Waals surface area contributed by atoms with Gasteiger partial charge in [0.15, 0.2) is 0 Å². The number of rotatable bonds is 5. The standard InChI is InChI=1S/C10H20N2O2/c1-10(2,11)7-14-6-9(13)12(3)8-4-5-8/h8H,4-7,11H2,1-3H3. The summed E-state index contributed by atoms with van der Waals surface area (Å²) in [6.45, 7) is 4.31. The molecule has 82 valence electrons. The van der Waals surface area contributed by atoms with Gasteiger partial charge in [-0.05, 0) is 26.7 Å². The zero-order valence-corrected chi connectivity index (χ0v) is 9.25. The molecule has 2 N–H and O–H groups in total. The summed E-state index contributed by atoms with van der Waals surface area (Å²) < 4.78 is 5.24. The van der Waals surface area contributed by atoms with Crippen LogP contribution in [0.25, 0.3) is 0 Å². The lowest BCUT2D eigenvalue weighted by atomic mass is 10.1. The second kappa shape index (κ2) is 4.28. The summed E-state index contributed by atoms with van der Waals surface area (Å²) in [6, 6.07) is 0.456. The van der Waals surface area contributed by atoms with Gasteiger partial charge in [-0.25, -0.2) is 0 Å². The van der Waals surface area contributed by atoms with Crippen molar-refractivity contribution in [1.29, 1.82) is 0 Å². The topological polar surface area (TPSA) is 55.6 Å². The lowest BCUT2D eigenvalue weighted by Gasteiger charge is -2.20. The molecule has 1 rings (SSSR count). The number of carbonyl (C=O) groups is 1. The van der Waals surface area contributed by atoms with Gasteiger partial charge in [0.1, 0.15) is 6.61 Å².